The number of hydrogen-bond acceptors (Lipinski definition) is 3. The Kier molecular flexibility index (Phi) is 5.82. The first kappa shape index (κ1) is 19.1. The zero-order valence-corrected chi connectivity index (χ0v) is 15.3. The molecule has 0 saturated carbocycles. The van der Waals surface area contributed by atoms with Gasteiger partial charge in [0.25, 0.3) is 0 Å². The zero-order chi connectivity index (χ0) is 17.2. The highest BCUT2D eigenvalue weighted by atomic mass is 16.5. The average molecular weight is 311 g/mol. The molecule has 128 valence electrons. The highest BCUT2D eigenvalue weighted by Crippen LogP contribution is 2.34. The fourth-order valence-corrected chi connectivity index (χ4v) is 2.75. The third kappa shape index (κ3) is 5.38. The number of rotatable bonds is 4. The maximum atomic E-state index is 12.7. The van der Waals surface area contributed by atoms with E-state index in [0.29, 0.717) is 19.6 Å². The molecule has 1 amide bonds. The summed E-state index contributed by atoms with van der Waals surface area (Å²) in [6.07, 6.45) is 2.25. The number of amides is 1. The molecule has 1 rings (SSSR count). The van der Waals surface area contributed by atoms with Gasteiger partial charge < -0.3 is 10.1 Å². The fraction of sp³-hybridized carbons (Fsp3) is 0.889. The number of nitrogens with one attached hydrogen (secondary N) is 1. The summed E-state index contributed by atoms with van der Waals surface area (Å²) >= 11 is 0. The lowest BCUT2D eigenvalue weighted by molar-refractivity contribution is -0.136. The number of carbonyl (C=O) groups excluding carboxylic acids is 2. The normalized spacial score (nSPS) is 20.3. The lowest BCUT2D eigenvalue weighted by atomic mass is 9.75. The van der Waals surface area contributed by atoms with Gasteiger partial charge in [0.05, 0.1) is 6.04 Å². The van der Waals surface area contributed by atoms with Crippen LogP contribution in [-0.2, 0) is 14.3 Å². The van der Waals surface area contributed by atoms with Gasteiger partial charge in [-0.3, -0.25) is 9.59 Å². The van der Waals surface area contributed by atoms with E-state index in [1.807, 2.05) is 41.5 Å². The molecule has 1 heterocycles. The molecule has 0 radical (unpaired) electrons. The second-order valence-corrected chi connectivity index (χ2v) is 9.08. The molecule has 0 aromatic carbocycles. The van der Waals surface area contributed by atoms with Crippen molar-refractivity contribution in [2.24, 2.45) is 16.2 Å². The Balaban J connectivity index is 2.78. The van der Waals surface area contributed by atoms with Crippen molar-refractivity contribution in [3.63, 3.8) is 0 Å². The Morgan fingerprint density at radius 2 is 1.59 bits per heavy atom. The number of ether oxygens (including phenoxy) is 1. The molecule has 0 aromatic heterocycles. The first-order chi connectivity index (χ1) is 9.85. The maximum Gasteiger partial charge on any atom is 0.221 e. The quantitative estimate of drug-likeness (QED) is 0.866. The third-order valence-electron chi connectivity index (χ3n) is 4.46. The summed E-state index contributed by atoms with van der Waals surface area (Å²) < 4.78 is 5.38. The topological polar surface area (TPSA) is 55.4 Å². The monoisotopic (exact) mass is 311 g/mol. The molecule has 1 N–H and O–H groups in total. The lowest BCUT2D eigenvalue weighted by Gasteiger charge is -2.37. The van der Waals surface area contributed by atoms with Gasteiger partial charge in [-0.2, -0.15) is 0 Å². The van der Waals surface area contributed by atoms with Crippen LogP contribution < -0.4 is 5.32 Å². The van der Waals surface area contributed by atoms with Gasteiger partial charge in [0, 0.05) is 25.0 Å². The van der Waals surface area contributed by atoms with Crippen molar-refractivity contribution < 1.29 is 14.3 Å². The van der Waals surface area contributed by atoms with E-state index in [4.69, 9.17) is 4.74 Å². The van der Waals surface area contributed by atoms with Crippen molar-refractivity contribution in [1.29, 1.82) is 0 Å². The molecule has 0 aromatic rings. The number of hydrogen-bond donors (Lipinski definition) is 1. The molecule has 0 spiro atoms. The van der Waals surface area contributed by atoms with Crippen LogP contribution in [0.15, 0.2) is 0 Å². The molecule has 4 heteroatoms. The summed E-state index contributed by atoms with van der Waals surface area (Å²) in [4.78, 5) is 25.2. The second-order valence-electron chi connectivity index (χ2n) is 9.08. The lowest BCUT2D eigenvalue weighted by Crippen LogP contribution is -2.53. The van der Waals surface area contributed by atoms with Crippen molar-refractivity contribution in [1.82, 2.24) is 5.32 Å². The smallest absolute Gasteiger partial charge is 0.221 e. The van der Waals surface area contributed by atoms with Gasteiger partial charge in [0.1, 0.15) is 0 Å². The minimum absolute atomic E-state index is 0.0183. The molecule has 4 nitrogen and oxygen atoms in total. The molecule has 0 bridgehead atoms. The van der Waals surface area contributed by atoms with Crippen molar-refractivity contribution >= 4 is 11.7 Å². The summed E-state index contributed by atoms with van der Waals surface area (Å²) in [5, 5.41) is 3.01. The summed E-state index contributed by atoms with van der Waals surface area (Å²) in [5.74, 6) is 0.0624. The summed E-state index contributed by atoms with van der Waals surface area (Å²) in [7, 11) is 0. The standard InChI is InChI=1S/C18H33NO3/c1-16(2,3)14(15(21)17(4,5)6)19-13(20)12-18(7)8-10-22-11-9-18/h14H,8-12H2,1-7H3,(H,19,20). The number of ketones is 1. The van der Waals surface area contributed by atoms with Gasteiger partial charge in [-0.15, -0.1) is 0 Å². The third-order valence-corrected chi connectivity index (χ3v) is 4.46. The number of carbonyl (C=O) groups is 2. The predicted octanol–water partition coefficient (Wildman–Crippen LogP) is 3.34. The molecular weight excluding hydrogens is 278 g/mol. The van der Waals surface area contributed by atoms with Crippen LogP contribution in [0.5, 0.6) is 0 Å². The molecule has 1 saturated heterocycles. The van der Waals surface area contributed by atoms with Crippen LogP contribution in [0.25, 0.3) is 0 Å². The van der Waals surface area contributed by atoms with Crippen LogP contribution in [0.3, 0.4) is 0 Å². The molecule has 0 aliphatic carbocycles. The molecule has 1 atom stereocenters. The molecule has 22 heavy (non-hydrogen) atoms. The van der Waals surface area contributed by atoms with Gasteiger partial charge in [-0.05, 0) is 23.7 Å². The minimum Gasteiger partial charge on any atom is -0.381 e. The number of Topliss-reactive ketones (excluding diaryl/α,β-unsaturated/α-hetero) is 1. The van der Waals surface area contributed by atoms with Crippen LogP contribution in [-0.4, -0.2) is 30.9 Å². The molecule has 1 aliphatic rings. The van der Waals surface area contributed by atoms with Crippen molar-refractivity contribution in [2.45, 2.75) is 73.8 Å². The van der Waals surface area contributed by atoms with E-state index >= 15 is 0 Å². The van der Waals surface area contributed by atoms with Crippen molar-refractivity contribution in [3.8, 4) is 0 Å². The van der Waals surface area contributed by atoms with Crippen molar-refractivity contribution in [2.75, 3.05) is 13.2 Å². The maximum absolute atomic E-state index is 12.7. The fourth-order valence-electron chi connectivity index (χ4n) is 2.75. The van der Waals surface area contributed by atoms with E-state index in [9.17, 15) is 9.59 Å². The van der Waals surface area contributed by atoms with E-state index in [0.717, 1.165) is 12.8 Å². The van der Waals surface area contributed by atoms with Crippen LogP contribution in [0, 0.1) is 16.2 Å². The van der Waals surface area contributed by atoms with E-state index in [-0.39, 0.29) is 22.5 Å². The highest BCUT2D eigenvalue weighted by molar-refractivity contribution is 5.93. The van der Waals surface area contributed by atoms with E-state index < -0.39 is 11.5 Å². The van der Waals surface area contributed by atoms with Gasteiger partial charge in [-0.25, -0.2) is 0 Å². The molecule has 1 fully saturated rings. The van der Waals surface area contributed by atoms with Gasteiger partial charge in [-0.1, -0.05) is 48.5 Å². The average Bonchev–Trinajstić information content (AvgIpc) is 2.33. The van der Waals surface area contributed by atoms with Gasteiger partial charge in [0.2, 0.25) is 5.91 Å². The summed E-state index contributed by atoms with van der Waals surface area (Å²) in [6, 6.07) is -0.455. The Morgan fingerprint density at radius 3 is 2.00 bits per heavy atom. The largest absolute Gasteiger partial charge is 0.381 e. The van der Waals surface area contributed by atoms with E-state index in [1.54, 1.807) is 0 Å². The van der Waals surface area contributed by atoms with Crippen LogP contribution in [0.4, 0.5) is 0 Å². The second kappa shape index (κ2) is 6.69. The van der Waals surface area contributed by atoms with Crippen LogP contribution in [0.1, 0.15) is 67.7 Å². The Labute approximate surface area is 135 Å². The SMILES string of the molecule is CC1(CC(=O)NC(C(=O)C(C)(C)C)C(C)(C)C)CCOCC1. The van der Waals surface area contributed by atoms with Gasteiger partial charge >= 0.3 is 0 Å². The minimum atomic E-state index is -0.464. The zero-order valence-electron chi connectivity index (χ0n) is 15.3. The Bertz CT molecular complexity index is 409. The Morgan fingerprint density at radius 1 is 1.09 bits per heavy atom. The predicted molar refractivity (Wildman–Crippen MR) is 88.6 cm³/mol. The van der Waals surface area contributed by atoms with Crippen molar-refractivity contribution in [3.05, 3.63) is 0 Å². The molecular formula is C18H33NO3. The first-order valence-electron chi connectivity index (χ1n) is 8.27. The van der Waals surface area contributed by atoms with Crippen LogP contribution in [0.2, 0.25) is 0 Å². The molecule has 1 unspecified atom stereocenters. The van der Waals surface area contributed by atoms with Crippen LogP contribution >= 0.6 is 0 Å². The molecule has 1 aliphatic heterocycles. The summed E-state index contributed by atoms with van der Waals surface area (Å²) in [6.45, 7) is 15.3. The summed E-state index contributed by atoms with van der Waals surface area (Å²) in [5.41, 5.74) is -0.778. The highest BCUT2D eigenvalue weighted by Gasteiger charge is 2.39. The van der Waals surface area contributed by atoms with Gasteiger partial charge in [0.15, 0.2) is 5.78 Å². The van der Waals surface area contributed by atoms with E-state index in [2.05, 4.69) is 12.2 Å². The Hall–Kier alpha value is -0.900. The first-order valence-corrected chi connectivity index (χ1v) is 8.27. The van der Waals surface area contributed by atoms with E-state index in [1.165, 1.54) is 0 Å².